The number of rotatable bonds is 22. The molecule has 570 valence electrons. The second-order valence-electron chi connectivity index (χ2n) is 25.3. The molecule has 0 unspecified atom stereocenters. The predicted octanol–water partition coefficient (Wildman–Crippen LogP) is 13.6. The van der Waals surface area contributed by atoms with Crippen molar-refractivity contribution in [3.8, 4) is 34.5 Å². The van der Waals surface area contributed by atoms with Crippen LogP contribution in [0.1, 0.15) is 76.8 Å². The first-order valence-corrected chi connectivity index (χ1v) is 34.4. The molecule has 3 aliphatic rings. The number of ether oxygens (including phenoxy) is 8. The van der Waals surface area contributed by atoms with E-state index in [1.165, 1.54) is 0 Å². The van der Waals surface area contributed by atoms with Gasteiger partial charge in [-0.05, 0) is 142 Å². The maximum Gasteiger partial charge on any atom is 0.471 e. The number of nitrogens with zero attached hydrogens (tertiary/aromatic N) is 2. The molecule has 9 aromatic rings. The highest BCUT2D eigenvalue weighted by Crippen LogP contribution is 2.47. The molecule has 3 saturated heterocycles. The van der Waals surface area contributed by atoms with Crippen LogP contribution in [-0.2, 0) is 35.1 Å². The summed E-state index contributed by atoms with van der Waals surface area (Å²) < 4.78 is 121. The Labute approximate surface area is 624 Å². The van der Waals surface area contributed by atoms with Crippen molar-refractivity contribution in [2.45, 2.75) is 91.6 Å². The molecular formula is C83H90ClF6N3O14. The zero-order valence-electron chi connectivity index (χ0n) is 59.3. The second-order valence-corrected chi connectivity index (χ2v) is 25.9. The van der Waals surface area contributed by atoms with Crippen molar-refractivity contribution in [3.63, 3.8) is 0 Å². The Morgan fingerprint density at radius 2 is 0.654 bits per heavy atom. The van der Waals surface area contributed by atoms with Gasteiger partial charge in [0.1, 0.15) is 50.6 Å². The van der Waals surface area contributed by atoms with Gasteiger partial charge in [0.2, 0.25) is 0 Å². The van der Waals surface area contributed by atoms with Crippen LogP contribution in [0.15, 0.2) is 237 Å². The first-order valence-electron chi connectivity index (χ1n) is 34.0. The number of amides is 2. The summed E-state index contributed by atoms with van der Waals surface area (Å²) in [6.07, 6.45) is -11.8. The quantitative estimate of drug-likeness (QED) is 0.0243. The third-order valence-corrected chi connectivity index (χ3v) is 19.3. The molecule has 0 saturated carbocycles. The molecule has 3 fully saturated rings. The van der Waals surface area contributed by atoms with Gasteiger partial charge in [-0.3, -0.25) is 9.59 Å². The Hall–Kier alpha value is -9.69. The van der Waals surface area contributed by atoms with Gasteiger partial charge >= 0.3 is 24.2 Å². The minimum absolute atomic E-state index is 0. The molecular weight excluding hydrogens is 1410 g/mol. The number of alkyl halides is 7. The number of aliphatic hydroxyl groups excluding tert-OH is 4. The zero-order valence-corrected chi connectivity index (χ0v) is 60.0. The van der Waals surface area contributed by atoms with Crippen molar-refractivity contribution in [1.82, 2.24) is 15.1 Å². The molecule has 17 nitrogen and oxygen atoms in total. The summed E-state index contributed by atoms with van der Waals surface area (Å²) in [7, 11) is 9.74. The Balaban J connectivity index is 0.000000188. The van der Waals surface area contributed by atoms with E-state index in [1.807, 2.05) is 200 Å². The van der Waals surface area contributed by atoms with Gasteiger partial charge < -0.3 is 73.4 Å². The highest BCUT2D eigenvalue weighted by molar-refractivity contribution is 6.28. The van der Waals surface area contributed by atoms with Crippen molar-refractivity contribution in [2.24, 2.45) is 0 Å². The number of hydrogen-bond donors (Lipinski definition) is 5. The summed E-state index contributed by atoms with van der Waals surface area (Å²) in [4.78, 5) is 23.2. The normalized spacial score (nSPS) is 17.8. The van der Waals surface area contributed by atoms with Gasteiger partial charge in [-0.1, -0.05) is 171 Å². The van der Waals surface area contributed by atoms with E-state index < -0.39 is 77.7 Å². The topological polar surface area (TPSA) is 207 Å². The summed E-state index contributed by atoms with van der Waals surface area (Å²) in [5.74, 6) is 0.454. The smallest absolute Gasteiger partial charge is 0.471 e. The first kappa shape index (κ1) is 83.0. The fraction of sp³-hybridized carbons (Fsp3) is 0.325. The van der Waals surface area contributed by atoms with Crippen molar-refractivity contribution >= 4 is 23.4 Å². The number of β-amino-alcohol motifs (C(OH)–C–C–N with tert-alkyl or cyclic N) is 3. The average Bonchev–Trinajstić information content (AvgIpc) is 0.823. The number of carbonyl (C=O) groups excluding carboxylic acids is 2. The molecule has 5 N–H and O–H groups in total. The van der Waals surface area contributed by atoms with Gasteiger partial charge in [0.15, 0.2) is 0 Å². The molecule has 0 radical (unpaired) electrons. The number of benzene rings is 9. The van der Waals surface area contributed by atoms with Gasteiger partial charge in [0.05, 0.1) is 92.9 Å². The van der Waals surface area contributed by atoms with E-state index >= 15 is 0 Å². The number of hydrogen-bond acceptors (Lipinski definition) is 15. The van der Waals surface area contributed by atoms with Crippen LogP contribution in [0.25, 0.3) is 0 Å². The molecule has 2 amide bonds. The molecule has 3 aliphatic heterocycles. The van der Waals surface area contributed by atoms with Crippen LogP contribution >= 0.6 is 11.6 Å². The van der Waals surface area contributed by atoms with Crippen LogP contribution in [0.3, 0.4) is 0 Å². The maximum absolute atomic E-state index is 13.3. The van der Waals surface area contributed by atoms with Crippen molar-refractivity contribution < 1.29 is 94.3 Å². The standard InChI is InChI=1S/C28H28F3NO5.C26H29NO4.C21H19ClO2.C7H10F3NO3.CH4/c1-35-24-12-8-20(9-13-24)27(19-6-4-3-5-7-19,21-10-14-25(36-2)15-11-21)37-18-22-16-23(33)17-32(22)26(34)28(29,30)31;1-29-24-12-8-20(9-13-24)26(19-6-4-3-5-7-19,21-10-14-25(30-2)15-11-21)31-18-22-16-23(28)17-27-22;1-23-19-12-8-17(9-13-19)21(22,16-6-4-3-5-7-16)18-10-14-20(24-2)15-11-18;8-7(9,10)6(14)11-2-5(13)1-4(11)3-12;/h3-15,22-23,33H,16-18H2,1-2H3;3-15,22-23,27-28H,16-18H2,1-2H3;3-15H,1-2H3;4-5,12-13H,1-3H2;1H4/t2*22-,23+;;4-,5+;/m00.0./s1. The van der Waals surface area contributed by atoms with Gasteiger partial charge in [-0.2, -0.15) is 26.3 Å². The highest BCUT2D eigenvalue weighted by atomic mass is 35.5. The van der Waals surface area contributed by atoms with Gasteiger partial charge in [-0.15, -0.1) is 11.6 Å². The monoisotopic (exact) mass is 1500 g/mol. The summed E-state index contributed by atoms with van der Waals surface area (Å²) in [6, 6.07) is 74.0. The maximum atomic E-state index is 13.3. The fourth-order valence-corrected chi connectivity index (χ4v) is 13.6. The summed E-state index contributed by atoms with van der Waals surface area (Å²) >= 11 is 7.22. The van der Waals surface area contributed by atoms with Gasteiger partial charge in [0, 0.05) is 25.7 Å². The van der Waals surface area contributed by atoms with Gasteiger partial charge in [0.25, 0.3) is 0 Å². The minimum Gasteiger partial charge on any atom is -0.497 e. The third-order valence-electron chi connectivity index (χ3n) is 18.7. The average molecular weight is 1500 g/mol. The molecule has 0 bridgehead atoms. The van der Waals surface area contributed by atoms with Crippen LogP contribution in [-0.4, -0.2) is 173 Å². The zero-order chi connectivity index (χ0) is 76.2. The second kappa shape index (κ2) is 37.7. The molecule has 0 spiro atoms. The lowest BCUT2D eigenvalue weighted by Gasteiger charge is -2.38. The van der Waals surface area contributed by atoms with Crippen LogP contribution in [0, 0.1) is 0 Å². The first-order chi connectivity index (χ1) is 50.9. The lowest BCUT2D eigenvalue weighted by Crippen LogP contribution is -2.47. The van der Waals surface area contributed by atoms with E-state index in [2.05, 4.69) is 17.4 Å². The minimum atomic E-state index is -5.05. The summed E-state index contributed by atoms with van der Waals surface area (Å²) in [5.41, 5.74) is 6.10. The van der Waals surface area contributed by atoms with Crippen molar-refractivity contribution in [1.29, 1.82) is 0 Å². The Bertz CT molecular complexity index is 4030. The Morgan fingerprint density at radius 3 is 0.935 bits per heavy atom. The number of likely N-dealkylation sites (tertiary alicyclic amines) is 2. The highest BCUT2D eigenvalue weighted by Gasteiger charge is 2.50. The Kier molecular flexibility index (Phi) is 29.2. The van der Waals surface area contributed by atoms with Crippen LogP contribution < -0.4 is 33.7 Å². The number of halogens is 7. The molecule has 0 aromatic heterocycles. The van der Waals surface area contributed by atoms with Gasteiger partial charge in [-0.25, -0.2) is 0 Å². The molecule has 0 aliphatic carbocycles. The van der Waals surface area contributed by atoms with Crippen molar-refractivity contribution in [3.05, 3.63) is 287 Å². The molecule has 9 aromatic carbocycles. The lowest BCUT2D eigenvalue weighted by molar-refractivity contribution is -0.188. The molecule has 24 heteroatoms. The number of carbonyl (C=O) groups is 2. The molecule has 107 heavy (non-hydrogen) atoms. The van der Waals surface area contributed by atoms with Crippen LogP contribution in [0.2, 0.25) is 0 Å². The lowest BCUT2D eigenvalue weighted by atomic mass is 9.80. The van der Waals surface area contributed by atoms with E-state index in [-0.39, 0.29) is 45.6 Å². The fourth-order valence-electron chi connectivity index (χ4n) is 13.3. The molecule has 12 rings (SSSR count). The largest absolute Gasteiger partial charge is 0.497 e. The van der Waals surface area contributed by atoms with E-state index in [0.717, 1.165) is 61.9 Å². The molecule has 6 atom stereocenters. The number of methoxy groups -OCH3 is 6. The van der Waals surface area contributed by atoms with Crippen LogP contribution in [0.4, 0.5) is 26.3 Å². The number of aliphatic hydroxyl groups is 4. The summed E-state index contributed by atoms with van der Waals surface area (Å²) in [5, 5.41) is 41.2. The third kappa shape index (κ3) is 19.9. The van der Waals surface area contributed by atoms with E-state index in [4.69, 9.17) is 59.7 Å². The SMILES string of the molecule is C.COc1ccc(C(Cl)(c2ccccc2)c2ccc(OC)cc2)cc1.COc1ccc(C(OC[C@@H]2C[C@@H](O)CN2)(c2ccccc2)c2ccc(OC)cc2)cc1.COc1ccc(C(OC[C@@H]2C[C@@H](O)CN2C(=O)C(F)(F)F)(c2ccccc2)c2ccc(OC)cc2)cc1.O=C(N1C[C@H](O)C[C@H]1CO)C(F)(F)F. The molecule has 3 heterocycles. The van der Waals surface area contributed by atoms with E-state index in [0.29, 0.717) is 52.0 Å². The van der Waals surface area contributed by atoms with Crippen molar-refractivity contribution in [2.75, 3.05) is 82.1 Å². The predicted molar refractivity (Wildman–Crippen MR) is 395 cm³/mol. The Morgan fingerprint density at radius 1 is 0.393 bits per heavy atom. The van der Waals surface area contributed by atoms with E-state index in [9.17, 15) is 46.1 Å². The summed E-state index contributed by atoms with van der Waals surface area (Å²) in [6.45, 7) is -0.536. The number of nitrogens with one attached hydrogen (secondary N) is 1. The van der Waals surface area contributed by atoms with Crippen LogP contribution in [0.5, 0.6) is 34.5 Å². The van der Waals surface area contributed by atoms with E-state index in [1.54, 1.807) is 66.9 Å².